The van der Waals surface area contributed by atoms with Gasteiger partial charge in [0.25, 0.3) is 5.24 Å². The number of amides is 1. The van der Waals surface area contributed by atoms with Crippen molar-refractivity contribution in [2.75, 3.05) is 33.3 Å². The quantitative estimate of drug-likeness (QED) is 0.438. The van der Waals surface area contributed by atoms with Gasteiger partial charge in [-0.2, -0.15) is 13.2 Å². The minimum absolute atomic E-state index is 0.0898. The molecular formula is C25H28F3N3O3S. The summed E-state index contributed by atoms with van der Waals surface area (Å²) in [7, 11) is 1.51. The minimum Gasteiger partial charge on any atom is -0.493 e. The smallest absolute Gasteiger partial charge is 0.416 e. The van der Waals surface area contributed by atoms with Gasteiger partial charge in [-0.25, -0.2) is 0 Å². The van der Waals surface area contributed by atoms with Gasteiger partial charge in [-0.1, -0.05) is 32.0 Å². The van der Waals surface area contributed by atoms with Gasteiger partial charge in [-0.3, -0.25) is 9.79 Å². The highest BCUT2D eigenvalue weighted by atomic mass is 32.2. The zero-order chi connectivity index (χ0) is 25.4. The number of carbonyl (C=O) groups excluding carboxylic acids is 1. The number of benzene rings is 2. The van der Waals surface area contributed by atoms with Crippen LogP contribution in [0.5, 0.6) is 11.5 Å². The van der Waals surface area contributed by atoms with Crippen LogP contribution in [0, 0.1) is 0 Å². The van der Waals surface area contributed by atoms with Gasteiger partial charge in [0.1, 0.15) is 12.4 Å². The van der Waals surface area contributed by atoms with Crippen molar-refractivity contribution in [2.45, 2.75) is 26.6 Å². The number of amidine groups is 1. The number of hydrogen-bond donors (Lipinski definition) is 1. The number of likely N-dealkylation sites (N-methyl/N-ethyl adjacent to an activating group) is 1. The van der Waals surface area contributed by atoms with E-state index in [1.165, 1.54) is 19.2 Å². The van der Waals surface area contributed by atoms with Gasteiger partial charge in [0.15, 0.2) is 11.5 Å². The van der Waals surface area contributed by atoms with Gasteiger partial charge >= 0.3 is 6.18 Å². The Bertz CT molecular complexity index is 1080. The minimum atomic E-state index is -4.37. The maximum atomic E-state index is 12.7. The molecule has 35 heavy (non-hydrogen) atoms. The number of aliphatic imine (C=N–C) groups is 1. The van der Waals surface area contributed by atoms with E-state index in [0.29, 0.717) is 29.4 Å². The van der Waals surface area contributed by atoms with Crippen LogP contribution in [0.1, 0.15) is 30.5 Å². The van der Waals surface area contributed by atoms with Crippen molar-refractivity contribution in [3.8, 4) is 11.5 Å². The number of nitrogens with zero attached hydrogens (tertiary/aromatic N) is 2. The summed E-state index contributed by atoms with van der Waals surface area (Å²) >= 11 is 1.08. The van der Waals surface area contributed by atoms with E-state index >= 15 is 0 Å². The van der Waals surface area contributed by atoms with Crippen molar-refractivity contribution in [2.24, 2.45) is 4.99 Å². The summed E-state index contributed by atoms with van der Waals surface area (Å²) in [5.41, 5.74) is 0.688. The van der Waals surface area contributed by atoms with Crippen molar-refractivity contribution < 1.29 is 27.4 Å². The van der Waals surface area contributed by atoms with Crippen LogP contribution in [0.4, 0.5) is 18.0 Å². The summed E-state index contributed by atoms with van der Waals surface area (Å²) in [6.07, 6.45) is -2.53. The molecule has 0 unspecified atom stereocenters. The zero-order valence-electron chi connectivity index (χ0n) is 19.8. The predicted octanol–water partition coefficient (Wildman–Crippen LogP) is 5.83. The molecular weight excluding hydrogens is 479 g/mol. The third-order valence-electron chi connectivity index (χ3n) is 5.40. The first-order chi connectivity index (χ1) is 16.7. The Balaban J connectivity index is 1.70. The Morgan fingerprint density at radius 1 is 1.09 bits per heavy atom. The third kappa shape index (κ3) is 7.50. The van der Waals surface area contributed by atoms with E-state index in [9.17, 15) is 18.0 Å². The number of rotatable bonds is 10. The van der Waals surface area contributed by atoms with Gasteiger partial charge < -0.3 is 19.7 Å². The summed E-state index contributed by atoms with van der Waals surface area (Å²) in [6, 6.07) is 10.1. The zero-order valence-corrected chi connectivity index (χ0v) is 20.6. The molecule has 0 spiro atoms. The van der Waals surface area contributed by atoms with Crippen molar-refractivity contribution >= 4 is 28.9 Å². The molecule has 3 rings (SSSR count). The highest BCUT2D eigenvalue weighted by Gasteiger charge is 2.30. The van der Waals surface area contributed by atoms with Gasteiger partial charge in [0.05, 0.1) is 24.1 Å². The first-order valence-corrected chi connectivity index (χ1v) is 12.0. The largest absolute Gasteiger partial charge is 0.493 e. The lowest BCUT2D eigenvalue weighted by Gasteiger charge is -2.16. The van der Waals surface area contributed by atoms with Gasteiger partial charge in [0, 0.05) is 6.54 Å². The van der Waals surface area contributed by atoms with Crippen LogP contribution in [-0.4, -0.2) is 49.3 Å². The third-order valence-corrected chi connectivity index (χ3v) is 6.22. The van der Waals surface area contributed by atoms with Crippen LogP contribution in [0.25, 0.3) is 6.08 Å². The van der Waals surface area contributed by atoms with E-state index in [1.807, 2.05) is 12.1 Å². The summed E-state index contributed by atoms with van der Waals surface area (Å²) in [4.78, 5) is 19.5. The van der Waals surface area contributed by atoms with E-state index < -0.39 is 11.7 Å². The molecule has 188 valence electrons. The lowest BCUT2D eigenvalue weighted by atomic mass is 10.1. The number of alkyl halides is 3. The standard InChI is InChI=1S/C25H28F3N3O3S/c1-4-31(5-2)13-12-29-23-22(35-24(32)30-23)15-18-8-11-20(21(14-18)33-3)34-16-17-6-9-19(10-7-17)25(26,27)28/h6-11,14-15H,4-5,12-13,16H2,1-3H3,(H,29,30,32)/b22-15-. The Hall–Kier alpha value is -2.98. The van der Waals surface area contributed by atoms with E-state index in [0.717, 1.165) is 54.0 Å². The highest BCUT2D eigenvalue weighted by Crippen LogP contribution is 2.33. The number of nitrogens with one attached hydrogen (secondary N) is 1. The van der Waals surface area contributed by atoms with E-state index in [4.69, 9.17) is 9.47 Å². The monoisotopic (exact) mass is 507 g/mol. The van der Waals surface area contributed by atoms with Crippen molar-refractivity contribution in [1.29, 1.82) is 0 Å². The lowest BCUT2D eigenvalue weighted by Crippen LogP contribution is -2.27. The molecule has 1 saturated heterocycles. The van der Waals surface area contributed by atoms with Crippen molar-refractivity contribution in [3.63, 3.8) is 0 Å². The molecule has 2 aromatic rings. The van der Waals surface area contributed by atoms with Gasteiger partial charge in [0.2, 0.25) is 0 Å². The van der Waals surface area contributed by atoms with Crippen LogP contribution in [0.15, 0.2) is 52.4 Å². The molecule has 0 saturated carbocycles. The molecule has 1 aliphatic heterocycles. The average molecular weight is 508 g/mol. The first kappa shape index (κ1) is 26.6. The van der Waals surface area contributed by atoms with Crippen LogP contribution in [0.3, 0.4) is 0 Å². The molecule has 0 aromatic heterocycles. The van der Waals surface area contributed by atoms with Crippen molar-refractivity contribution in [1.82, 2.24) is 10.2 Å². The molecule has 1 aliphatic rings. The summed E-state index contributed by atoms with van der Waals surface area (Å²) < 4.78 is 49.4. The summed E-state index contributed by atoms with van der Waals surface area (Å²) in [5, 5.41) is 2.61. The first-order valence-electron chi connectivity index (χ1n) is 11.2. The maximum absolute atomic E-state index is 12.7. The molecule has 1 heterocycles. The molecule has 1 N–H and O–H groups in total. The maximum Gasteiger partial charge on any atom is 0.416 e. The fourth-order valence-electron chi connectivity index (χ4n) is 3.39. The van der Waals surface area contributed by atoms with E-state index in [1.54, 1.807) is 12.1 Å². The Morgan fingerprint density at radius 2 is 1.80 bits per heavy atom. The summed E-state index contributed by atoms with van der Waals surface area (Å²) in [5.74, 6) is 1.47. The Morgan fingerprint density at radius 3 is 2.43 bits per heavy atom. The fraction of sp³-hybridized carbons (Fsp3) is 0.360. The molecule has 0 bridgehead atoms. The van der Waals surface area contributed by atoms with Crippen LogP contribution in [-0.2, 0) is 12.8 Å². The molecule has 6 nitrogen and oxygen atoms in total. The number of ether oxygens (including phenoxy) is 2. The number of hydrogen-bond acceptors (Lipinski definition) is 6. The van der Waals surface area contributed by atoms with Gasteiger partial charge in [-0.15, -0.1) is 0 Å². The van der Waals surface area contributed by atoms with Crippen LogP contribution in [0.2, 0.25) is 0 Å². The number of thioether (sulfide) groups is 1. The second-order valence-corrected chi connectivity index (χ2v) is 8.69. The molecule has 0 atom stereocenters. The number of methoxy groups -OCH3 is 1. The lowest BCUT2D eigenvalue weighted by molar-refractivity contribution is -0.137. The normalized spacial score (nSPS) is 16.3. The van der Waals surface area contributed by atoms with Crippen LogP contribution < -0.4 is 14.8 Å². The SMILES string of the molecule is CCN(CC)CCN=C1NC(=O)S/C1=C\c1ccc(OCc2ccc(C(F)(F)F)cc2)c(OC)c1. The Labute approximate surface area is 207 Å². The number of halogens is 3. The average Bonchev–Trinajstić information content (AvgIpc) is 3.19. The Kier molecular flexibility index (Phi) is 9.22. The predicted molar refractivity (Wildman–Crippen MR) is 133 cm³/mol. The topological polar surface area (TPSA) is 63.2 Å². The molecule has 1 amide bonds. The molecule has 1 fully saturated rings. The van der Waals surface area contributed by atoms with Crippen molar-refractivity contribution in [3.05, 3.63) is 64.1 Å². The molecule has 10 heteroatoms. The fourth-order valence-corrected chi connectivity index (χ4v) is 4.14. The molecule has 0 radical (unpaired) electrons. The second kappa shape index (κ2) is 12.1. The summed E-state index contributed by atoms with van der Waals surface area (Å²) in [6.45, 7) is 7.56. The second-order valence-electron chi connectivity index (χ2n) is 7.67. The van der Waals surface area contributed by atoms with Crippen LogP contribution >= 0.6 is 11.8 Å². The van der Waals surface area contributed by atoms with E-state index in [-0.39, 0.29) is 11.8 Å². The molecule has 2 aromatic carbocycles. The number of carbonyl (C=O) groups is 1. The van der Waals surface area contributed by atoms with Gasteiger partial charge in [-0.05, 0) is 66.3 Å². The molecule has 0 aliphatic carbocycles. The highest BCUT2D eigenvalue weighted by molar-refractivity contribution is 8.18. The van der Waals surface area contributed by atoms with E-state index in [2.05, 4.69) is 29.1 Å².